The number of carbonyl (C=O) groups is 1. The number of hydrogen-bond donors (Lipinski definition) is 1. The van der Waals surface area contributed by atoms with Gasteiger partial charge in [0.05, 0.1) is 5.92 Å². The minimum absolute atomic E-state index is 0.394. The first kappa shape index (κ1) is 22.2. The first-order chi connectivity index (χ1) is 17.7. The van der Waals surface area contributed by atoms with E-state index in [9.17, 15) is 9.90 Å². The third-order valence-corrected chi connectivity index (χ3v) is 6.83. The van der Waals surface area contributed by atoms with Crippen molar-refractivity contribution in [2.45, 2.75) is 19.3 Å². The number of fused-ring (bicyclic) bond motifs is 1. The third-order valence-electron chi connectivity index (χ3n) is 6.83. The topological polar surface area (TPSA) is 75.8 Å². The van der Waals surface area contributed by atoms with Crippen LogP contribution in [-0.2, 0) is 11.2 Å². The number of nitrogens with zero attached hydrogens (tertiary/aromatic N) is 2. The fraction of sp³-hybridized carbons (Fsp3) is 0.200. The maximum atomic E-state index is 11.6. The van der Waals surface area contributed by atoms with Crippen molar-refractivity contribution in [1.29, 1.82) is 0 Å². The Hall–Kier alpha value is -4.32. The Balaban J connectivity index is 1.39. The van der Waals surface area contributed by atoms with Crippen molar-refractivity contribution in [2.24, 2.45) is 5.92 Å². The second-order valence-electron chi connectivity index (χ2n) is 9.22. The zero-order valence-corrected chi connectivity index (χ0v) is 19.8. The lowest BCUT2D eigenvalue weighted by Crippen LogP contribution is -2.38. The number of para-hydroxylation sites is 1. The molecular weight excluding hydrogens is 452 g/mol. The van der Waals surface area contributed by atoms with Crippen molar-refractivity contribution in [3.8, 4) is 34.1 Å². The van der Waals surface area contributed by atoms with Gasteiger partial charge in [-0.1, -0.05) is 48.6 Å². The molecule has 4 aromatic rings. The molecule has 6 heteroatoms. The molecule has 6 nitrogen and oxygen atoms in total. The quantitative estimate of drug-likeness (QED) is 0.333. The van der Waals surface area contributed by atoms with E-state index in [0.717, 1.165) is 53.3 Å². The summed E-state index contributed by atoms with van der Waals surface area (Å²) in [6, 6.07) is 24.2. The molecule has 6 rings (SSSR count). The molecule has 1 unspecified atom stereocenters. The first-order valence-corrected chi connectivity index (χ1v) is 12.3. The van der Waals surface area contributed by atoms with Crippen LogP contribution < -0.4 is 9.64 Å². The van der Waals surface area contributed by atoms with Crippen LogP contribution >= 0.6 is 0 Å². The van der Waals surface area contributed by atoms with Gasteiger partial charge in [0, 0.05) is 24.2 Å². The maximum absolute atomic E-state index is 11.6. The van der Waals surface area contributed by atoms with Crippen molar-refractivity contribution in [3.05, 3.63) is 90.0 Å². The number of aromatic nitrogens is 1. The predicted molar refractivity (Wildman–Crippen MR) is 139 cm³/mol. The van der Waals surface area contributed by atoms with Gasteiger partial charge in [0.25, 0.3) is 6.01 Å². The number of oxazole rings is 1. The number of rotatable bonds is 6. The average Bonchev–Trinajstić information content (AvgIpc) is 3.58. The second kappa shape index (κ2) is 9.38. The summed E-state index contributed by atoms with van der Waals surface area (Å²) >= 11 is 0. The molecule has 0 radical (unpaired) electrons. The summed E-state index contributed by atoms with van der Waals surface area (Å²) in [4.78, 5) is 18.5. The molecule has 36 heavy (non-hydrogen) atoms. The summed E-state index contributed by atoms with van der Waals surface area (Å²) < 4.78 is 12.4. The van der Waals surface area contributed by atoms with Crippen molar-refractivity contribution < 1.29 is 19.1 Å². The fourth-order valence-corrected chi connectivity index (χ4v) is 4.97. The number of ether oxygens (including phenoxy) is 1. The molecule has 1 fully saturated rings. The summed E-state index contributed by atoms with van der Waals surface area (Å²) in [7, 11) is 0. The lowest BCUT2D eigenvalue weighted by atomic mass is 9.98. The van der Waals surface area contributed by atoms with E-state index >= 15 is 0 Å². The molecule has 1 saturated heterocycles. The maximum Gasteiger partial charge on any atom is 0.308 e. The number of carboxylic acid groups (broad SMARTS) is 1. The lowest BCUT2D eigenvalue weighted by Gasteiger charge is -2.29. The van der Waals surface area contributed by atoms with Gasteiger partial charge in [-0.3, -0.25) is 4.79 Å². The molecule has 1 atom stereocenters. The van der Waals surface area contributed by atoms with Gasteiger partial charge in [-0.25, -0.2) is 0 Å². The minimum Gasteiger partial charge on any atom is -0.481 e. The Bertz CT molecular complexity index is 1420. The van der Waals surface area contributed by atoms with Crippen LogP contribution in [0.4, 0.5) is 6.01 Å². The van der Waals surface area contributed by atoms with Gasteiger partial charge < -0.3 is 19.2 Å². The largest absolute Gasteiger partial charge is 0.481 e. The molecule has 1 N–H and O–H groups in total. The Morgan fingerprint density at radius 1 is 1.00 bits per heavy atom. The van der Waals surface area contributed by atoms with E-state index in [-0.39, 0.29) is 0 Å². The first-order valence-electron chi connectivity index (χ1n) is 12.3. The molecule has 0 amide bonds. The molecule has 2 aliphatic rings. The molecule has 0 saturated carbocycles. The molecule has 3 aromatic carbocycles. The number of anilines is 1. The fourth-order valence-electron chi connectivity index (χ4n) is 4.97. The zero-order chi connectivity index (χ0) is 24.5. The van der Waals surface area contributed by atoms with E-state index in [1.807, 2.05) is 65.6 Å². The van der Waals surface area contributed by atoms with Crippen LogP contribution in [0, 0.1) is 5.92 Å². The summed E-state index contributed by atoms with van der Waals surface area (Å²) in [5.41, 5.74) is 5.04. The van der Waals surface area contributed by atoms with Crippen LogP contribution in [0.25, 0.3) is 28.7 Å². The van der Waals surface area contributed by atoms with Crippen molar-refractivity contribution in [2.75, 3.05) is 18.0 Å². The number of hydrogen-bond acceptors (Lipinski definition) is 5. The van der Waals surface area contributed by atoms with Crippen LogP contribution in [0.3, 0.4) is 0 Å². The molecular formula is C30H26N2O4. The van der Waals surface area contributed by atoms with E-state index in [0.29, 0.717) is 24.7 Å². The van der Waals surface area contributed by atoms with Crippen molar-refractivity contribution >= 4 is 18.1 Å². The van der Waals surface area contributed by atoms with Gasteiger partial charge in [-0.2, -0.15) is 4.98 Å². The van der Waals surface area contributed by atoms with Crippen LogP contribution in [0.1, 0.15) is 24.0 Å². The van der Waals surface area contributed by atoms with E-state index in [4.69, 9.17) is 14.1 Å². The molecule has 0 spiro atoms. The monoisotopic (exact) mass is 478 g/mol. The number of carboxylic acids is 1. The molecule has 180 valence electrons. The van der Waals surface area contributed by atoms with Crippen molar-refractivity contribution in [1.82, 2.24) is 4.98 Å². The van der Waals surface area contributed by atoms with Gasteiger partial charge in [0.2, 0.25) is 0 Å². The second-order valence-corrected chi connectivity index (χ2v) is 9.22. The molecule has 1 aliphatic heterocycles. The average molecular weight is 479 g/mol. The highest BCUT2D eigenvalue weighted by molar-refractivity contribution is 5.85. The van der Waals surface area contributed by atoms with Crippen LogP contribution in [0.2, 0.25) is 0 Å². The smallest absolute Gasteiger partial charge is 0.308 e. The summed E-state index contributed by atoms with van der Waals surface area (Å²) in [5.74, 6) is 1.02. The van der Waals surface area contributed by atoms with Gasteiger partial charge >= 0.3 is 5.97 Å². The minimum atomic E-state index is -0.772. The van der Waals surface area contributed by atoms with Crippen LogP contribution in [-0.4, -0.2) is 29.1 Å². The standard InChI is InChI=1S/C30H26N2O4/c33-29(34)22-9-6-18-32(19-22)30-31-27(28(36-30)26-13-5-8-20-7-4-12-25(20)26)21-14-16-24(17-15-21)35-23-10-2-1-3-11-23/h1-5,8,10-17,22H,6-7,9,18-19H2,(H,33,34). The Labute approximate surface area is 209 Å². The van der Waals surface area contributed by atoms with E-state index in [1.54, 1.807) is 0 Å². The van der Waals surface area contributed by atoms with Crippen LogP contribution in [0.15, 0.2) is 83.3 Å². The lowest BCUT2D eigenvalue weighted by molar-refractivity contribution is -0.141. The van der Waals surface area contributed by atoms with Gasteiger partial charge in [0.15, 0.2) is 5.76 Å². The number of allylic oxidation sites excluding steroid dienone is 1. The van der Waals surface area contributed by atoms with Gasteiger partial charge in [0.1, 0.15) is 17.2 Å². The zero-order valence-electron chi connectivity index (χ0n) is 19.8. The summed E-state index contributed by atoms with van der Waals surface area (Å²) in [6.45, 7) is 1.12. The Morgan fingerprint density at radius 3 is 2.61 bits per heavy atom. The third kappa shape index (κ3) is 4.26. The van der Waals surface area contributed by atoms with Gasteiger partial charge in [-0.15, -0.1) is 0 Å². The molecule has 0 bridgehead atoms. The van der Waals surface area contributed by atoms with E-state index in [2.05, 4.69) is 24.3 Å². The highest BCUT2D eigenvalue weighted by atomic mass is 16.5. The summed E-state index contributed by atoms with van der Waals surface area (Å²) in [6.07, 6.45) is 6.65. The SMILES string of the molecule is O=C(O)C1CCCN(c2nc(-c3ccc(Oc4ccccc4)cc3)c(-c3cccc4c3C=CC4)o2)C1. The molecule has 2 heterocycles. The number of benzene rings is 3. The highest BCUT2D eigenvalue weighted by Gasteiger charge is 2.30. The van der Waals surface area contributed by atoms with Gasteiger partial charge in [-0.05, 0) is 66.8 Å². The number of piperidine rings is 1. The normalized spacial score (nSPS) is 16.7. The summed E-state index contributed by atoms with van der Waals surface area (Å²) in [5, 5.41) is 9.56. The van der Waals surface area contributed by atoms with Crippen molar-refractivity contribution in [3.63, 3.8) is 0 Å². The predicted octanol–water partition coefficient (Wildman–Crippen LogP) is 6.67. The molecule has 1 aromatic heterocycles. The Morgan fingerprint density at radius 2 is 1.81 bits per heavy atom. The highest BCUT2D eigenvalue weighted by Crippen LogP contribution is 2.41. The van der Waals surface area contributed by atoms with Crippen LogP contribution in [0.5, 0.6) is 11.5 Å². The van der Waals surface area contributed by atoms with E-state index in [1.165, 1.54) is 5.56 Å². The number of aliphatic carboxylic acids is 1. The van der Waals surface area contributed by atoms with E-state index < -0.39 is 11.9 Å². The Kier molecular flexibility index (Phi) is 5.77. The molecule has 1 aliphatic carbocycles.